The molecule has 0 heterocycles. The molecule has 1 aromatic carbocycles. The van der Waals surface area contributed by atoms with Gasteiger partial charge in [0.15, 0.2) is 6.61 Å². The van der Waals surface area contributed by atoms with Gasteiger partial charge in [-0.1, -0.05) is 30.4 Å². The van der Waals surface area contributed by atoms with Gasteiger partial charge in [-0.05, 0) is 19.1 Å². The maximum atomic E-state index is 11.2. The Morgan fingerprint density at radius 2 is 2.07 bits per heavy atom. The summed E-state index contributed by atoms with van der Waals surface area (Å²) in [7, 11) is 0. The molecule has 0 aliphatic rings. The van der Waals surface area contributed by atoms with E-state index in [1.165, 1.54) is 0 Å². The van der Waals surface area contributed by atoms with Crippen LogP contribution in [-0.2, 0) is 4.79 Å². The number of rotatable bonds is 5. The van der Waals surface area contributed by atoms with Crippen molar-refractivity contribution in [3.8, 4) is 5.75 Å². The first-order valence-electron chi connectivity index (χ1n) is 4.77. The van der Waals surface area contributed by atoms with Gasteiger partial charge in [0, 0.05) is 6.54 Å². The third-order valence-corrected chi connectivity index (χ3v) is 1.70. The molecule has 0 aromatic heterocycles. The summed E-state index contributed by atoms with van der Waals surface area (Å²) in [6.45, 7) is 6.09. The zero-order chi connectivity index (χ0) is 11.1. The molecule has 15 heavy (non-hydrogen) atoms. The first-order valence-corrected chi connectivity index (χ1v) is 4.77. The standard InChI is InChI=1S/C12H15NO2/c1-10(2)8-13-12(14)9-15-11-6-4-3-5-7-11/h3-7H,1,8-9H2,2H3,(H,13,14). The van der Waals surface area contributed by atoms with Gasteiger partial charge in [0.05, 0.1) is 0 Å². The van der Waals surface area contributed by atoms with E-state index in [4.69, 9.17) is 4.74 Å². The second-order valence-corrected chi connectivity index (χ2v) is 3.34. The third-order valence-electron chi connectivity index (χ3n) is 1.70. The zero-order valence-electron chi connectivity index (χ0n) is 8.82. The molecule has 0 atom stereocenters. The van der Waals surface area contributed by atoms with Gasteiger partial charge >= 0.3 is 0 Å². The van der Waals surface area contributed by atoms with Crippen LogP contribution in [0.5, 0.6) is 5.75 Å². The molecule has 0 aliphatic heterocycles. The maximum absolute atomic E-state index is 11.2. The molecule has 3 nitrogen and oxygen atoms in total. The summed E-state index contributed by atoms with van der Waals surface area (Å²) in [5.74, 6) is 0.560. The molecule has 80 valence electrons. The molecule has 0 fully saturated rings. The predicted octanol–water partition coefficient (Wildman–Crippen LogP) is 1.76. The van der Waals surface area contributed by atoms with Crippen molar-refractivity contribution in [1.82, 2.24) is 5.32 Å². The molecule has 0 spiro atoms. The summed E-state index contributed by atoms with van der Waals surface area (Å²) in [6, 6.07) is 9.24. The van der Waals surface area contributed by atoms with E-state index in [1.54, 1.807) is 0 Å². The average molecular weight is 205 g/mol. The summed E-state index contributed by atoms with van der Waals surface area (Å²) in [4.78, 5) is 11.2. The summed E-state index contributed by atoms with van der Waals surface area (Å²) < 4.78 is 5.26. The molecule has 0 bridgehead atoms. The van der Waals surface area contributed by atoms with Crippen molar-refractivity contribution in [2.75, 3.05) is 13.2 Å². The van der Waals surface area contributed by atoms with Crippen LogP contribution in [0, 0.1) is 0 Å². The van der Waals surface area contributed by atoms with Gasteiger partial charge in [0.1, 0.15) is 5.75 Å². The lowest BCUT2D eigenvalue weighted by atomic mass is 10.3. The van der Waals surface area contributed by atoms with E-state index in [1.807, 2.05) is 37.3 Å². The predicted molar refractivity (Wildman–Crippen MR) is 59.8 cm³/mol. The topological polar surface area (TPSA) is 38.3 Å². The molecular formula is C12H15NO2. The molecular weight excluding hydrogens is 190 g/mol. The molecule has 1 rings (SSSR count). The van der Waals surface area contributed by atoms with Crippen LogP contribution in [0.3, 0.4) is 0 Å². The number of hydrogen-bond donors (Lipinski definition) is 1. The van der Waals surface area contributed by atoms with Gasteiger partial charge < -0.3 is 10.1 Å². The molecule has 1 aromatic rings. The minimum absolute atomic E-state index is 0.0390. The zero-order valence-corrected chi connectivity index (χ0v) is 8.82. The second kappa shape index (κ2) is 5.86. The molecule has 3 heteroatoms. The van der Waals surface area contributed by atoms with E-state index in [9.17, 15) is 4.79 Å². The number of carbonyl (C=O) groups excluding carboxylic acids is 1. The van der Waals surface area contributed by atoms with Crippen LogP contribution < -0.4 is 10.1 Å². The second-order valence-electron chi connectivity index (χ2n) is 3.34. The van der Waals surface area contributed by atoms with Gasteiger partial charge in [-0.15, -0.1) is 0 Å². The number of carbonyl (C=O) groups is 1. The minimum Gasteiger partial charge on any atom is -0.484 e. The van der Waals surface area contributed by atoms with Crippen molar-refractivity contribution < 1.29 is 9.53 Å². The summed E-state index contributed by atoms with van der Waals surface area (Å²) in [5, 5.41) is 2.69. The fourth-order valence-electron chi connectivity index (χ4n) is 0.966. The van der Waals surface area contributed by atoms with Crippen LogP contribution >= 0.6 is 0 Å². The minimum atomic E-state index is -0.137. The van der Waals surface area contributed by atoms with E-state index >= 15 is 0 Å². The Balaban J connectivity index is 2.26. The van der Waals surface area contributed by atoms with Gasteiger partial charge in [-0.25, -0.2) is 0 Å². The number of hydrogen-bond acceptors (Lipinski definition) is 2. The van der Waals surface area contributed by atoms with Crippen LogP contribution in [0.15, 0.2) is 42.5 Å². The molecule has 0 aliphatic carbocycles. The average Bonchev–Trinajstić information content (AvgIpc) is 2.25. The van der Waals surface area contributed by atoms with Crippen molar-refractivity contribution in [1.29, 1.82) is 0 Å². The summed E-state index contributed by atoms with van der Waals surface area (Å²) in [6.07, 6.45) is 0. The van der Waals surface area contributed by atoms with Crippen LogP contribution in [0.2, 0.25) is 0 Å². The van der Waals surface area contributed by atoms with E-state index in [0.29, 0.717) is 12.3 Å². The van der Waals surface area contributed by atoms with Crippen LogP contribution in [0.25, 0.3) is 0 Å². The van der Waals surface area contributed by atoms with Crippen LogP contribution in [0.4, 0.5) is 0 Å². The highest BCUT2D eigenvalue weighted by Gasteiger charge is 2.01. The van der Waals surface area contributed by atoms with E-state index in [-0.39, 0.29) is 12.5 Å². The van der Waals surface area contributed by atoms with Gasteiger partial charge in [-0.3, -0.25) is 4.79 Å². The van der Waals surface area contributed by atoms with Crippen molar-refractivity contribution >= 4 is 5.91 Å². The fraction of sp³-hybridized carbons (Fsp3) is 0.250. The van der Waals surface area contributed by atoms with Crippen molar-refractivity contribution in [2.24, 2.45) is 0 Å². The van der Waals surface area contributed by atoms with Gasteiger partial charge in [0.25, 0.3) is 5.91 Å². The quantitative estimate of drug-likeness (QED) is 0.744. The first-order chi connectivity index (χ1) is 7.18. The highest BCUT2D eigenvalue weighted by Crippen LogP contribution is 2.07. The lowest BCUT2D eigenvalue weighted by Crippen LogP contribution is -2.29. The Morgan fingerprint density at radius 1 is 1.40 bits per heavy atom. The molecule has 0 saturated carbocycles. The Labute approximate surface area is 89.8 Å². The summed E-state index contributed by atoms with van der Waals surface area (Å²) in [5.41, 5.74) is 0.920. The van der Waals surface area contributed by atoms with E-state index in [2.05, 4.69) is 11.9 Å². The Bertz CT molecular complexity index is 333. The van der Waals surface area contributed by atoms with Crippen molar-refractivity contribution in [2.45, 2.75) is 6.92 Å². The highest BCUT2D eigenvalue weighted by molar-refractivity contribution is 5.77. The van der Waals surface area contributed by atoms with Gasteiger partial charge in [0.2, 0.25) is 0 Å². The molecule has 1 N–H and O–H groups in total. The highest BCUT2D eigenvalue weighted by atomic mass is 16.5. The number of para-hydroxylation sites is 1. The smallest absolute Gasteiger partial charge is 0.258 e. The lowest BCUT2D eigenvalue weighted by Gasteiger charge is -2.06. The monoisotopic (exact) mass is 205 g/mol. The summed E-state index contributed by atoms with van der Waals surface area (Å²) >= 11 is 0. The van der Waals surface area contributed by atoms with Crippen LogP contribution in [0.1, 0.15) is 6.92 Å². The Hall–Kier alpha value is -1.77. The molecule has 0 unspecified atom stereocenters. The maximum Gasteiger partial charge on any atom is 0.258 e. The lowest BCUT2D eigenvalue weighted by molar-refractivity contribution is -0.122. The third kappa shape index (κ3) is 4.86. The molecule has 0 radical (unpaired) electrons. The fourth-order valence-corrected chi connectivity index (χ4v) is 0.966. The Morgan fingerprint density at radius 3 is 2.67 bits per heavy atom. The van der Waals surface area contributed by atoms with E-state index in [0.717, 1.165) is 5.57 Å². The Kier molecular flexibility index (Phi) is 4.41. The first kappa shape index (κ1) is 11.3. The normalized spacial score (nSPS) is 9.40. The van der Waals surface area contributed by atoms with Crippen molar-refractivity contribution in [3.63, 3.8) is 0 Å². The van der Waals surface area contributed by atoms with Crippen LogP contribution in [-0.4, -0.2) is 19.1 Å². The number of benzene rings is 1. The van der Waals surface area contributed by atoms with Gasteiger partial charge in [-0.2, -0.15) is 0 Å². The number of nitrogens with one attached hydrogen (secondary N) is 1. The SMILES string of the molecule is C=C(C)CNC(=O)COc1ccccc1. The van der Waals surface area contributed by atoms with Crippen molar-refractivity contribution in [3.05, 3.63) is 42.5 Å². The number of ether oxygens (including phenoxy) is 1. The molecule has 1 amide bonds. The largest absolute Gasteiger partial charge is 0.484 e. The van der Waals surface area contributed by atoms with E-state index < -0.39 is 0 Å². The number of amides is 1. The molecule has 0 saturated heterocycles.